The first-order valence-electron chi connectivity index (χ1n) is 4.13. The molecule has 15 heavy (non-hydrogen) atoms. The number of benzene rings is 1. The van der Waals surface area contributed by atoms with Gasteiger partial charge in [-0.05, 0) is 19.1 Å². The third-order valence-electron chi connectivity index (χ3n) is 1.65. The Morgan fingerprint density at radius 2 is 2.00 bits per heavy atom. The molecule has 0 aromatic heterocycles. The second-order valence-electron chi connectivity index (χ2n) is 2.63. The van der Waals surface area contributed by atoms with E-state index in [4.69, 9.17) is 0 Å². The molecular weight excluding hydrogens is 319 g/mol. The average Bonchev–Trinajstić information content (AvgIpc) is 2.17. The number of halogens is 3. The van der Waals surface area contributed by atoms with Gasteiger partial charge >= 0.3 is 5.97 Å². The largest absolute Gasteiger partial charge is 0.462 e. The van der Waals surface area contributed by atoms with Crippen LogP contribution in [0.5, 0.6) is 0 Å². The Labute approximate surface area is 99.3 Å². The minimum absolute atomic E-state index is 0.137. The summed E-state index contributed by atoms with van der Waals surface area (Å²) in [6, 6.07) is 1.87. The molecule has 0 saturated heterocycles. The van der Waals surface area contributed by atoms with Gasteiger partial charge in [0, 0.05) is 0 Å². The second-order valence-corrected chi connectivity index (χ2v) is 3.17. The number of carbonyl (C=O) groups is 1. The summed E-state index contributed by atoms with van der Waals surface area (Å²) < 4.78 is 33.3. The van der Waals surface area contributed by atoms with Gasteiger partial charge in [-0.15, -0.1) is 0 Å². The summed E-state index contributed by atoms with van der Waals surface area (Å²) in [6.07, 6.45) is 0. The lowest BCUT2D eigenvalue weighted by atomic mass is 10.2. The Kier molecular flexibility index (Phi) is 4.25. The molecular formula is C9H8F2INO2. The van der Waals surface area contributed by atoms with Crippen molar-refractivity contribution in [2.24, 2.45) is 0 Å². The Hall–Kier alpha value is -0.920. The Morgan fingerprint density at radius 3 is 2.40 bits per heavy atom. The molecule has 0 aliphatic rings. The van der Waals surface area contributed by atoms with Gasteiger partial charge in [-0.3, -0.25) is 0 Å². The van der Waals surface area contributed by atoms with Crippen molar-refractivity contribution in [1.82, 2.24) is 0 Å². The van der Waals surface area contributed by atoms with E-state index >= 15 is 0 Å². The first-order valence-corrected chi connectivity index (χ1v) is 5.20. The second kappa shape index (κ2) is 5.24. The molecule has 0 aliphatic carbocycles. The summed E-state index contributed by atoms with van der Waals surface area (Å²) in [5.74, 6) is -2.39. The van der Waals surface area contributed by atoms with E-state index in [1.54, 1.807) is 29.8 Å². The van der Waals surface area contributed by atoms with E-state index in [0.29, 0.717) is 0 Å². The molecule has 1 aromatic rings. The molecule has 1 aromatic carbocycles. The normalized spacial score (nSPS) is 9.87. The molecule has 0 fully saturated rings. The van der Waals surface area contributed by atoms with Crippen LogP contribution in [0.1, 0.15) is 17.3 Å². The van der Waals surface area contributed by atoms with Gasteiger partial charge in [0.25, 0.3) is 0 Å². The van der Waals surface area contributed by atoms with Crippen LogP contribution < -0.4 is 3.53 Å². The first kappa shape index (κ1) is 12.2. The molecule has 1 N–H and O–H groups in total. The molecule has 82 valence electrons. The van der Waals surface area contributed by atoms with Gasteiger partial charge in [0.15, 0.2) is 11.6 Å². The van der Waals surface area contributed by atoms with Gasteiger partial charge in [0.05, 0.1) is 35.0 Å². The van der Waals surface area contributed by atoms with Crippen LogP contribution >= 0.6 is 22.9 Å². The third-order valence-corrected chi connectivity index (χ3v) is 2.19. The Bertz CT molecular complexity index is 361. The predicted molar refractivity (Wildman–Crippen MR) is 60.0 cm³/mol. The van der Waals surface area contributed by atoms with Crippen LogP contribution in [0.25, 0.3) is 0 Å². The SMILES string of the molecule is CCOC(=O)c1cc(F)c(NI)c(F)c1. The third kappa shape index (κ3) is 2.77. The number of hydrogen-bond donors (Lipinski definition) is 1. The molecule has 0 bridgehead atoms. The highest BCUT2D eigenvalue weighted by Gasteiger charge is 2.15. The summed E-state index contributed by atoms with van der Waals surface area (Å²) in [7, 11) is 0. The summed E-state index contributed by atoms with van der Waals surface area (Å²) >= 11 is 1.60. The van der Waals surface area contributed by atoms with Crippen LogP contribution in [0.3, 0.4) is 0 Å². The van der Waals surface area contributed by atoms with Crippen molar-refractivity contribution in [3.63, 3.8) is 0 Å². The predicted octanol–water partition coefficient (Wildman–Crippen LogP) is 2.90. The summed E-state index contributed by atoms with van der Waals surface area (Å²) in [6.45, 7) is 1.78. The van der Waals surface area contributed by atoms with Gasteiger partial charge in [-0.2, -0.15) is 0 Å². The zero-order valence-electron chi connectivity index (χ0n) is 7.81. The summed E-state index contributed by atoms with van der Waals surface area (Å²) in [4.78, 5) is 11.2. The van der Waals surface area contributed by atoms with Gasteiger partial charge in [0.1, 0.15) is 5.69 Å². The lowest BCUT2D eigenvalue weighted by Gasteiger charge is -2.06. The molecule has 0 unspecified atom stereocenters. The maximum atomic E-state index is 13.2. The Balaban J connectivity index is 3.08. The number of hydrogen-bond acceptors (Lipinski definition) is 3. The quantitative estimate of drug-likeness (QED) is 0.527. The molecule has 0 aliphatic heterocycles. The molecule has 0 atom stereocenters. The van der Waals surface area contributed by atoms with Crippen molar-refractivity contribution >= 4 is 34.5 Å². The zero-order valence-corrected chi connectivity index (χ0v) is 9.97. The maximum Gasteiger partial charge on any atom is 0.338 e. The molecule has 1 rings (SSSR count). The fourth-order valence-electron chi connectivity index (χ4n) is 0.996. The molecule has 0 saturated carbocycles. The van der Waals surface area contributed by atoms with Crippen LogP contribution in [0.15, 0.2) is 12.1 Å². The van der Waals surface area contributed by atoms with Gasteiger partial charge in [0.2, 0.25) is 0 Å². The Morgan fingerprint density at radius 1 is 1.47 bits per heavy atom. The summed E-state index contributed by atoms with van der Waals surface area (Å²) in [5, 5.41) is 0. The zero-order chi connectivity index (χ0) is 11.4. The highest BCUT2D eigenvalue weighted by Crippen LogP contribution is 2.22. The monoisotopic (exact) mass is 327 g/mol. The fourth-order valence-corrected chi connectivity index (χ4v) is 1.51. The van der Waals surface area contributed by atoms with E-state index in [0.717, 1.165) is 12.1 Å². The molecule has 0 heterocycles. The van der Waals surface area contributed by atoms with E-state index in [2.05, 4.69) is 8.27 Å². The van der Waals surface area contributed by atoms with Crippen molar-refractivity contribution in [3.05, 3.63) is 29.3 Å². The maximum absolute atomic E-state index is 13.2. The van der Waals surface area contributed by atoms with E-state index in [1.807, 2.05) is 0 Å². The van der Waals surface area contributed by atoms with E-state index in [-0.39, 0.29) is 17.9 Å². The van der Waals surface area contributed by atoms with Crippen LogP contribution in [0, 0.1) is 11.6 Å². The van der Waals surface area contributed by atoms with Crippen LogP contribution in [0.4, 0.5) is 14.5 Å². The number of esters is 1. The highest BCUT2D eigenvalue weighted by atomic mass is 127. The minimum atomic E-state index is -0.826. The molecule has 0 radical (unpaired) electrons. The topological polar surface area (TPSA) is 38.3 Å². The number of nitrogens with one attached hydrogen (secondary N) is 1. The van der Waals surface area contributed by atoms with Crippen LogP contribution in [-0.2, 0) is 4.74 Å². The van der Waals surface area contributed by atoms with Crippen molar-refractivity contribution in [1.29, 1.82) is 0 Å². The minimum Gasteiger partial charge on any atom is -0.462 e. The van der Waals surface area contributed by atoms with E-state index in [9.17, 15) is 13.6 Å². The van der Waals surface area contributed by atoms with E-state index in [1.165, 1.54) is 0 Å². The van der Waals surface area contributed by atoms with Crippen molar-refractivity contribution in [2.75, 3.05) is 10.1 Å². The van der Waals surface area contributed by atoms with Gasteiger partial charge in [-0.25, -0.2) is 13.6 Å². The molecule has 3 nitrogen and oxygen atoms in total. The summed E-state index contributed by atoms with van der Waals surface area (Å²) in [5.41, 5.74) is -0.411. The standard InChI is InChI=1S/C9H8F2INO2/c1-2-15-9(14)5-3-6(10)8(13-12)7(11)4-5/h3-4,13H,2H2,1H3. The van der Waals surface area contributed by atoms with Crippen molar-refractivity contribution in [2.45, 2.75) is 6.92 Å². The number of ether oxygens (including phenoxy) is 1. The lowest BCUT2D eigenvalue weighted by molar-refractivity contribution is 0.0525. The fraction of sp³-hybridized carbons (Fsp3) is 0.222. The highest BCUT2D eigenvalue weighted by molar-refractivity contribution is 14.1. The van der Waals surface area contributed by atoms with Crippen LogP contribution in [0.2, 0.25) is 0 Å². The molecule has 6 heteroatoms. The van der Waals surface area contributed by atoms with Crippen molar-refractivity contribution < 1.29 is 18.3 Å². The van der Waals surface area contributed by atoms with Crippen LogP contribution in [-0.4, -0.2) is 12.6 Å². The average molecular weight is 327 g/mol. The van der Waals surface area contributed by atoms with E-state index < -0.39 is 17.6 Å². The molecule has 0 spiro atoms. The first-order chi connectivity index (χ1) is 7.10. The number of rotatable bonds is 3. The number of anilines is 1. The number of carbonyl (C=O) groups excluding carboxylic acids is 1. The van der Waals surface area contributed by atoms with Gasteiger partial charge in [-0.1, -0.05) is 0 Å². The van der Waals surface area contributed by atoms with Gasteiger partial charge < -0.3 is 8.27 Å². The van der Waals surface area contributed by atoms with Crippen molar-refractivity contribution in [3.8, 4) is 0 Å². The lowest BCUT2D eigenvalue weighted by Crippen LogP contribution is -2.06. The smallest absolute Gasteiger partial charge is 0.338 e. The molecule has 0 amide bonds.